The number of H-pyrrole nitrogens is 1. The van der Waals surface area contributed by atoms with Gasteiger partial charge in [0, 0.05) is 11.0 Å². The number of ether oxygens (including phenoxy) is 1. The number of benzene rings is 1. The summed E-state index contributed by atoms with van der Waals surface area (Å²) in [6.07, 6.45) is 0. The summed E-state index contributed by atoms with van der Waals surface area (Å²) in [5.41, 5.74) is -0.0882. The van der Waals surface area contributed by atoms with Crippen LogP contribution in [-0.4, -0.2) is 38.9 Å². The van der Waals surface area contributed by atoms with Gasteiger partial charge in [-0.2, -0.15) is 0 Å². The highest BCUT2D eigenvalue weighted by molar-refractivity contribution is 5.98. The minimum atomic E-state index is -1.68. The van der Waals surface area contributed by atoms with Gasteiger partial charge in [0.05, 0.1) is 18.6 Å². The van der Waals surface area contributed by atoms with Crippen molar-refractivity contribution in [3.63, 3.8) is 0 Å². The van der Waals surface area contributed by atoms with Gasteiger partial charge >= 0.3 is 11.9 Å². The average Bonchev–Trinajstić information content (AvgIpc) is 2.90. The number of aromatic hydroxyl groups is 1. The number of aromatic amines is 1. The number of hydrogen-bond donors (Lipinski definition) is 3. The van der Waals surface area contributed by atoms with Crippen LogP contribution in [0.3, 0.4) is 0 Å². The van der Waals surface area contributed by atoms with E-state index < -0.39 is 28.3 Å². The van der Waals surface area contributed by atoms with Crippen LogP contribution in [0.4, 0.5) is 5.82 Å². The van der Waals surface area contributed by atoms with Crippen molar-refractivity contribution < 1.29 is 19.6 Å². The van der Waals surface area contributed by atoms with Gasteiger partial charge in [0.1, 0.15) is 5.82 Å². The van der Waals surface area contributed by atoms with Crippen molar-refractivity contribution in [2.75, 3.05) is 12.4 Å². The van der Waals surface area contributed by atoms with Crippen LogP contribution in [0.25, 0.3) is 0 Å². The average molecular weight is 362 g/mol. The smallest absolute Gasteiger partial charge is 0.301 e. The van der Waals surface area contributed by atoms with Gasteiger partial charge in [0.2, 0.25) is 0 Å². The van der Waals surface area contributed by atoms with Crippen molar-refractivity contribution in [3.8, 4) is 11.5 Å². The molecule has 138 valence electrons. The number of nitrogens with zero attached hydrogens (tertiary/aromatic N) is 2. The number of amides is 1. The summed E-state index contributed by atoms with van der Waals surface area (Å²) in [6.45, 7) is 3.61. The highest BCUT2D eigenvalue weighted by Crippen LogP contribution is 2.40. The lowest BCUT2D eigenvalue weighted by atomic mass is 9.83. The van der Waals surface area contributed by atoms with Crippen LogP contribution >= 0.6 is 0 Å². The topological polar surface area (TPSA) is 139 Å². The van der Waals surface area contributed by atoms with Crippen LogP contribution in [0.2, 0.25) is 0 Å². The van der Waals surface area contributed by atoms with Crippen molar-refractivity contribution in [1.29, 1.82) is 0 Å². The minimum absolute atomic E-state index is 0.0943. The van der Waals surface area contributed by atoms with Gasteiger partial charge in [-0.25, -0.2) is 0 Å². The molecule has 3 rings (SSSR count). The lowest BCUT2D eigenvalue weighted by Crippen LogP contribution is -2.45. The molecular weight excluding hydrogens is 344 g/mol. The Kier molecular flexibility index (Phi) is 4.18. The number of phenols is 1. The molecule has 1 aliphatic rings. The molecule has 1 aromatic carbocycles. The van der Waals surface area contributed by atoms with Crippen LogP contribution in [0, 0.1) is 10.1 Å². The molecule has 26 heavy (non-hydrogen) atoms. The first-order chi connectivity index (χ1) is 12.3. The van der Waals surface area contributed by atoms with Gasteiger partial charge in [-0.15, -0.1) is 0 Å². The Bertz CT molecular complexity index is 945. The third-order valence-corrected chi connectivity index (χ3v) is 4.41. The highest BCUT2D eigenvalue weighted by atomic mass is 16.6. The third-order valence-electron chi connectivity index (χ3n) is 4.41. The maximum Gasteiger partial charge on any atom is 0.301 e. The third kappa shape index (κ3) is 2.59. The van der Waals surface area contributed by atoms with Gasteiger partial charge in [-0.05, 0) is 31.5 Å². The number of carbonyl (C=O) groups is 1. The Balaban J connectivity index is 2.29. The van der Waals surface area contributed by atoms with E-state index in [-0.39, 0.29) is 28.9 Å². The summed E-state index contributed by atoms with van der Waals surface area (Å²) in [5.74, 6) is -1.77. The van der Waals surface area contributed by atoms with Crippen LogP contribution in [0.5, 0.6) is 11.5 Å². The van der Waals surface area contributed by atoms with Crippen molar-refractivity contribution in [2.45, 2.75) is 31.8 Å². The number of rotatable bonds is 4. The largest absolute Gasteiger partial charge is 0.504 e. The minimum Gasteiger partial charge on any atom is -0.504 e. The van der Waals surface area contributed by atoms with Gasteiger partial charge in [0.15, 0.2) is 11.5 Å². The van der Waals surface area contributed by atoms with Crippen molar-refractivity contribution >= 4 is 11.7 Å². The molecule has 3 N–H and O–H groups in total. The van der Waals surface area contributed by atoms with Crippen molar-refractivity contribution in [2.24, 2.45) is 0 Å². The molecule has 10 heteroatoms. The normalized spacial score (nSPS) is 19.2. The Labute approximate surface area is 147 Å². The van der Waals surface area contributed by atoms with Crippen LogP contribution in [0.1, 0.15) is 36.9 Å². The number of fused-ring (bicyclic) bond motifs is 1. The standard InChI is InChI=1S/C16H18N4O6/c1-7(2)19-14-12(15(22)18-19)11(13(20(24)25)16(23)17-14)8-4-5-9(21)10(6-8)26-3/h4-7,11,13,21H,1-3H3,(H,17,23)(H,18,22). The maximum absolute atomic E-state index is 12.5. The molecule has 0 saturated heterocycles. The zero-order valence-corrected chi connectivity index (χ0v) is 14.3. The molecule has 2 unspecified atom stereocenters. The van der Waals surface area contributed by atoms with Gasteiger partial charge in [0.25, 0.3) is 5.56 Å². The van der Waals surface area contributed by atoms with E-state index in [1.54, 1.807) is 13.8 Å². The molecule has 1 aliphatic heterocycles. The predicted molar refractivity (Wildman–Crippen MR) is 91.4 cm³/mol. The Morgan fingerprint density at radius 1 is 1.35 bits per heavy atom. The molecule has 0 bridgehead atoms. The van der Waals surface area contributed by atoms with Crippen LogP contribution < -0.4 is 15.6 Å². The molecule has 10 nitrogen and oxygen atoms in total. The zero-order valence-electron chi connectivity index (χ0n) is 14.3. The van der Waals surface area contributed by atoms with E-state index in [4.69, 9.17) is 4.74 Å². The fourth-order valence-corrected chi connectivity index (χ4v) is 3.22. The summed E-state index contributed by atoms with van der Waals surface area (Å²) in [4.78, 5) is 35.8. The van der Waals surface area contributed by atoms with E-state index in [2.05, 4.69) is 10.4 Å². The number of nitrogens with one attached hydrogen (secondary N) is 2. The summed E-state index contributed by atoms with van der Waals surface area (Å²) in [7, 11) is 1.34. The van der Waals surface area contributed by atoms with Gasteiger partial charge in [-0.3, -0.25) is 29.5 Å². The van der Waals surface area contributed by atoms with Crippen molar-refractivity contribution in [3.05, 3.63) is 49.8 Å². The first kappa shape index (κ1) is 17.5. The molecule has 0 aliphatic carbocycles. The fraction of sp³-hybridized carbons (Fsp3) is 0.375. The molecule has 2 heterocycles. The van der Waals surface area contributed by atoms with Crippen LogP contribution in [-0.2, 0) is 4.79 Å². The number of methoxy groups -OCH3 is 1. The van der Waals surface area contributed by atoms with E-state index in [9.17, 15) is 24.8 Å². The number of nitro groups is 1. The quantitative estimate of drug-likeness (QED) is 0.551. The summed E-state index contributed by atoms with van der Waals surface area (Å²) < 4.78 is 6.52. The molecule has 0 saturated carbocycles. The number of hydrogen-bond acceptors (Lipinski definition) is 6. The number of phenolic OH excluding ortho intramolecular Hbond substituents is 1. The van der Waals surface area contributed by atoms with E-state index in [0.29, 0.717) is 5.56 Å². The zero-order chi connectivity index (χ0) is 19.2. The summed E-state index contributed by atoms with van der Waals surface area (Å²) >= 11 is 0. The van der Waals surface area contributed by atoms with Crippen LogP contribution in [0.15, 0.2) is 23.0 Å². The lowest BCUT2D eigenvalue weighted by Gasteiger charge is -2.26. The maximum atomic E-state index is 12.5. The second-order valence-corrected chi connectivity index (χ2v) is 6.30. The molecule has 2 aromatic rings. The Morgan fingerprint density at radius 2 is 2.04 bits per heavy atom. The first-order valence-electron chi connectivity index (χ1n) is 7.92. The number of anilines is 1. The summed E-state index contributed by atoms with van der Waals surface area (Å²) in [6, 6.07) is 2.29. The molecule has 0 fully saturated rings. The molecule has 2 atom stereocenters. The molecular formula is C16H18N4O6. The highest BCUT2D eigenvalue weighted by Gasteiger charge is 2.48. The fourth-order valence-electron chi connectivity index (χ4n) is 3.22. The summed E-state index contributed by atoms with van der Waals surface area (Å²) in [5, 5.41) is 26.4. The molecule has 0 spiro atoms. The second-order valence-electron chi connectivity index (χ2n) is 6.30. The van der Waals surface area contributed by atoms with Crippen molar-refractivity contribution in [1.82, 2.24) is 9.78 Å². The lowest BCUT2D eigenvalue weighted by molar-refractivity contribution is -0.509. The molecule has 1 aromatic heterocycles. The van der Waals surface area contributed by atoms with Gasteiger partial charge in [-0.1, -0.05) is 6.07 Å². The molecule has 0 radical (unpaired) electrons. The first-order valence-corrected chi connectivity index (χ1v) is 7.92. The number of carbonyl (C=O) groups excluding carboxylic acids is 1. The second kappa shape index (κ2) is 6.21. The number of aromatic nitrogens is 2. The monoisotopic (exact) mass is 362 g/mol. The van der Waals surface area contributed by atoms with E-state index in [1.165, 1.54) is 30.0 Å². The Morgan fingerprint density at radius 3 is 2.62 bits per heavy atom. The van der Waals surface area contributed by atoms with E-state index >= 15 is 0 Å². The SMILES string of the molecule is COc1cc(C2c3c(n(C(C)C)[nH]c3=O)NC(=O)C2[N+](=O)[O-])ccc1O. The van der Waals surface area contributed by atoms with Gasteiger partial charge < -0.3 is 15.2 Å². The molecule has 1 amide bonds. The van der Waals surface area contributed by atoms with E-state index in [0.717, 1.165) is 0 Å². The Hall–Kier alpha value is -3.30. The predicted octanol–water partition coefficient (Wildman–Crippen LogP) is 1.20. The van der Waals surface area contributed by atoms with E-state index in [1.807, 2.05) is 0 Å².